The van der Waals surface area contributed by atoms with Crippen LogP contribution in [0, 0.1) is 0 Å². The molecule has 2 unspecified atom stereocenters. The summed E-state index contributed by atoms with van der Waals surface area (Å²) < 4.78 is 48.3. The third-order valence-corrected chi connectivity index (χ3v) is 3.64. The van der Waals surface area contributed by atoms with Gasteiger partial charge in [-0.05, 0) is 19.4 Å². The minimum atomic E-state index is -4.39. The van der Waals surface area contributed by atoms with E-state index in [2.05, 4.69) is 0 Å². The van der Waals surface area contributed by atoms with Crippen LogP contribution in [0.25, 0.3) is 0 Å². The molecule has 6 heteroatoms. The molecule has 0 aromatic rings. The first-order chi connectivity index (χ1) is 6.43. The summed E-state index contributed by atoms with van der Waals surface area (Å²) in [4.78, 5) is 0. The fraction of sp³-hybridized carbons (Fsp3) is 1.00. The molecule has 86 valence electrons. The van der Waals surface area contributed by atoms with Gasteiger partial charge in [-0.1, -0.05) is 13.3 Å². The van der Waals surface area contributed by atoms with Crippen LogP contribution in [0.1, 0.15) is 26.2 Å². The van der Waals surface area contributed by atoms with E-state index in [1.807, 2.05) is 6.92 Å². The molecule has 0 rings (SSSR count). The van der Waals surface area contributed by atoms with Crippen molar-refractivity contribution in [1.29, 1.82) is 0 Å². The maximum Gasteiger partial charge on any atom is 0.403 e. The molecule has 2 atom stereocenters. The second kappa shape index (κ2) is 6.40. The topological polar surface area (TPSA) is 43.1 Å². The lowest BCUT2D eigenvalue weighted by Crippen LogP contribution is -2.36. The van der Waals surface area contributed by atoms with Crippen molar-refractivity contribution in [2.75, 3.05) is 12.3 Å². The van der Waals surface area contributed by atoms with Crippen LogP contribution in [-0.4, -0.2) is 27.9 Å². The van der Waals surface area contributed by atoms with Gasteiger partial charge in [-0.25, -0.2) is 0 Å². The van der Waals surface area contributed by atoms with Gasteiger partial charge < -0.3 is 5.73 Å². The fourth-order valence-corrected chi connectivity index (χ4v) is 2.58. The number of hydrogen-bond donors (Lipinski definition) is 1. The van der Waals surface area contributed by atoms with Crippen LogP contribution in [0.3, 0.4) is 0 Å². The molecule has 0 saturated heterocycles. The molecule has 0 fully saturated rings. The summed E-state index contributed by atoms with van der Waals surface area (Å²) >= 11 is 0. The van der Waals surface area contributed by atoms with Crippen molar-refractivity contribution in [2.24, 2.45) is 5.73 Å². The smallest absolute Gasteiger partial charge is 0.330 e. The summed E-state index contributed by atoms with van der Waals surface area (Å²) in [7, 11) is -1.83. The molecule has 0 bridgehead atoms. The second-order valence-electron chi connectivity index (χ2n) is 3.05. The van der Waals surface area contributed by atoms with E-state index in [0.717, 1.165) is 6.42 Å². The zero-order valence-electron chi connectivity index (χ0n) is 8.14. The maximum absolute atomic E-state index is 12.3. The predicted octanol–water partition coefficient (Wildman–Crippen LogP) is 1.81. The Morgan fingerprint density at radius 2 is 2.00 bits per heavy atom. The first kappa shape index (κ1) is 13.9. The normalized spacial score (nSPS) is 16.6. The number of rotatable bonds is 6. The van der Waals surface area contributed by atoms with Gasteiger partial charge in [0.25, 0.3) is 0 Å². The molecule has 0 amide bonds. The third kappa shape index (κ3) is 4.95. The van der Waals surface area contributed by atoms with Crippen molar-refractivity contribution < 1.29 is 17.4 Å². The highest BCUT2D eigenvalue weighted by Gasteiger charge is 2.42. The number of alkyl halides is 3. The molecule has 0 heterocycles. The number of unbranched alkanes of at least 4 members (excludes halogenated alkanes) is 1. The number of halogens is 3. The summed E-state index contributed by atoms with van der Waals surface area (Å²) in [5.41, 5.74) is 5.06. The lowest BCUT2D eigenvalue weighted by molar-refractivity contribution is -0.130. The van der Waals surface area contributed by atoms with Crippen molar-refractivity contribution in [3.05, 3.63) is 0 Å². The van der Waals surface area contributed by atoms with Gasteiger partial charge >= 0.3 is 6.18 Å². The Kier molecular flexibility index (Phi) is 6.35. The summed E-state index contributed by atoms with van der Waals surface area (Å²) in [6, 6.07) is 0. The Balaban J connectivity index is 4.26. The van der Waals surface area contributed by atoms with Crippen LogP contribution >= 0.6 is 0 Å². The molecule has 0 aromatic carbocycles. The van der Waals surface area contributed by atoms with Crippen LogP contribution < -0.4 is 5.73 Å². The molecule has 0 aromatic heterocycles. The first-order valence-corrected chi connectivity index (χ1v) is 5.95. The molecule has 0 spiro atoms. The Labute approximate surface area is 84.5 Å². The van der Waals surface area contributed by atoms with Crippen LogP contribution in [0.15, 0.2) is 0 Å². The highest BCUT2D eigenvalue weighted by Crippen LogP contribution is 2.27. The molecule has 2 nitrogen and oxygen atoms in total. The van der Waals surface area contributed by atoms with E-state index in [4.69, 9.17) is 5.73 Å². The quantitative estimate of drug-likeness (QED) is 0.757. The standard InChI is InChI=1S/C8H16F3NOS/c1-2-3-6-14(13)7(4-5-12)8(9,10)11/h7H,2-6,12H2,1H3. The summed E-state index contributed by atoms with van der Waals surface area (Å²) in [5.74, 6) is 0.112. The van der Waals surface area contributed by atoms with Gasteiger partial charge in [0.1, 0.15) is 5.25 Å². The molecule has 0 aliphatic carbocycles. The van der Waals surface area contributed by atoms with Crippen LogP contribution in [0.2, 0.25) is 0 Å². The summed E-state index contributed by atoms with van der Waals surface area (Å²) in [6.07, 6.45) is -3.33. The predicted molar refractivity (Wildman–Crippen MR) is 51.4 cm³/mol. The van der Waals surface area contributed by atoms with Gasteiger partial charge in [-0.3, -0.25) is 4.21 Å². The van der Waals surface area contributed by atoms with Gasteiger partial charge in [-0.15, -0.1) is 0 Å². The molecule has 2 N–H and O–H groups in total. The Morgan fingerprint density at radius 3 is 2.36 bits per heavy atom. The molecular weight excluding hydrogens is 215 g/mol. The van der Waals surface area contributed by atoms with Crippen molar-refractivity contribution in [3.8, 4) is 0 Å². The lowest BCUT2D eigenvalue weighted by atomic mass is 10.3. The van der Waals surface area contributed by atoms with Gasteiger partial charge in [0, 0.05) is 16.6 Å². The average Bonchev–Trinajstić information content (AvgIpc) is 2.08. The van der Waals surface area contributed by atoms with E-state index >= 15 is 0 Å². The monoisotopic (exact) mass is 231 g/mol. The highest BCUT2D eigenvalue weighted by atomic mass is 32.2. The number of nitrogens with two attached hydrogens (primary N) is 1. The Hall–Kier alpha value is -0.100. The van der Waals surface area contributed by atoms with E-state index in [-0.39, 0.29) is 18.7 Å². The summed E-state index contributed by atoms with van der Waals surface area (Å²) in [6.45, 7) is 1.77. The van der Waals surface area contributed by atoms with Gasteiger partial charge in [0.2, 0.25) is 0 Å². The largest absolute Gasteiger partial charge is 0.403 e. The van der Waals surface area contributed by atoms with Crippen LogP contribution in [0.5, 0.6) is 0 Å². The average molecular weight is 231 g/mol. The lowest BCUT2D eigenvalue weighted by Gasteiger charge is -2.18. The molecule has 0 radical (unpaired) electrons. The third-order valence-electron chi connectivity index (χ3n) is 1.81. The Morgan fingerprint density at radius 1 is 1.43 bits per heavy atom. The minimum absolute atomic E-state index is 0.0813. The van der Waals surface area contributed by atoms with E-state index in [0.29, 0.717) is 6.42 Å². The van der Waals surface area contributed by atoms with Crippen molar-refractivity contribution in [3.63, 3.8) is 0 Å². The van der Waals surface area contributed by atoms with Gasteiger partial charge in [0.05, 0.1) is 0 Å². The van der Waals surface area contributed by atoms with Crippen LogP contribution in [0.4, 0.5) is 13.2 Å². The van der Waals surface area contributed by atoms with Crippen molar-refractivity contribution in [1.82, 2.24) is 0 Å². The number of hydrogen-bond acceptors (Lipinski definition) is 2. The maximum atomic E-state index is 12.3. The van der Waals surface area contributed by atoms with Crippen molar-refractivity contribution >= 4 is 10.8 Å². The Bertz CT molecular complexity index is 184. The molecule has 14 heavy (non-hydrogen) atoms. The SMILES string of the molecule is CCCCS(=O)C(CCN)C(F)(F)F. The van der Waals surface area contributed by atoms with E-state index in [1.54, 1.807) is 0 Å². The van der Waals surface area contributed by atoms with Gasteiger partial charge in [0.15, 0.2) is 0 Å². The first-order valence-electron chi connectivity index (χ1n) is 4.57. The molecular formula is C8H16F3NOS. The van der Waals surface area contributed by atoms with E-state index in [1.165, 1.54) is 0 Å². The molecule has 0 aliphatic rings. The molecule has 0 aliphatic heterocycles. The zero-order chi connectivity index (χ0) is 11.2. The van der Waals surface area contributed by atoms with Crippen molar-refractivity contribution in [2.45, 2.75) is 37.6 Å². The molecule has 0 saturated carbocycles. The zero-order valence-corrected chi connectivity index (χ0v) is 8.96. The second-order valence-corrected chi connectivity index (χ2v) is 4.78. The van der Waals surface area contributed by atoms with E-state index < -0.39 is 22.2 Å². The van der Waals surface area contributed by atoms with Gasteiger partial charge in [-0.2, -0.15) is 13.2 Å². The van der Waals surface area contributed by atoms with E-state index in [9.17, 15) is 17.4 Å². The minimum Gasteiger partial charge on any atom is -0.330 e. The summed E-state index contributed by atoms with van der Waals surface area (Å²) in [5, 5.41) is -1.75. The highest BCUT2D eigenvalue weighted by molar-refractivity contribution is 7.85. The van der Waals surface area contributed by atoms with Crippen LogP contribution in [-0.2, 0) is 10.8 Å². The fourth-order valence-electron chi connectivity index (χ4n) is 1.02.